The highest BCUT2D eigenvalue weighted by Gasteiger charge is 2.23. The molecule has 170 valence electrons. The highest BCUT2D eigenvalue weighted by atomic mass is 15.1. The van der Waals surface area contributed by atoms with Crippen molar-refractivity contribution < 1.29 is 0 Å². The lowest BCUT2D eigenvalue weighted by molar-refractivity contribution is 0.590. The zero-order chi connectivity index (χ0) is 24.0. The summed E-state index contributed by atoms with van der Waals surface area (Å²) in [5.74, 6) is 0. The topological polar surface area (TPSA) is 3.24 Å². The van der Waals surface area contributed by atoms with Gasteiger partial charge in [-0.1, -0.05) is 102 Å². The standard InChI is InChI=1S/C32H37N/c1-22-16-18-25(31(3,4)5)20-29(22)33(28-15-11-13-24-12-9-10-14-27(24)28)30-21-26(32(6,7)8)19-17-23(30)2/h9-21H,1-8H3. The molecule has 0 atom stereocenters. The van der Waals surface area contributed by atoms with Crippen LogP contribution in [-0.4, -0.2) is 0 Å². The van der Waals surface area contributed by atoms with Crippen molar-refractivity contribution >= 4 is 27.8 Å². The molecular weight excluding hydrogens is 398 g/mol. The lowest BCUT2D eigenvalue weighted by Gasteiger charge is -2.32. The zero-order valence-electron chi connectivity index (χ0n) is 21.5. The van der Waals surface area contributed by atoms with Crippen LogP contribution in [0.3, 0.4) is 0 Å². The van der Waals surface area contributed by atoms with E-state index in [4.69, 9.17) is 0 Å². The molecule has 4 aromatic rings. The van der Waals surface area contributed by atoms with Crippen LogP contribution < -0.4 is 4.90 Å². The van der Waals surface area contributed by atoms with Crippen LogP contribution >= 0.6 is 0 Å². The third kappa shape index (κ3) is 4.55. The van der Waals surface area contributed by atoms with Gasteiger partial charge in [0.05, 0.1) is 5.69 Å². The highest BCUT2D eigenvalue weighted by molar-refractivity contribution is 5.99. The van der Waals surface area contributed by atoms with Gasteiger partial charge in [0.2, 0.25) is 0 Å². The molecule has 0 amide bonds. The zero-order valence-corrected chi connectivity index (χ0v) is 21.5. The second-order valence-corrected chi connectivity index (χ2v) is 11.3. The van der Waals surface area contributed by atoms with Gasteiger partial charge in [-0.25, -0.2) is 0 Å². The third-order valence-electron chi connectivity index (χ3n) is 6.64. The van der Waals surface area contributed by atoms with Gasteiger partial charge in [0.1, 0.15) is 0 Å². The van der Waals surface area contributed by atoms with Crippen molar-refractivity contribution in [2.75, 3.05) is 4.90 Å². The van der Waals surface area contributed by atoms with E-state index >= 15 is 0 Å². The summed E-state index contributed by atoms with van der Waals surface area (Å²) in [6.07, 6.45) is 0. The monoisotopic (exact) mass is 435 g/mol. The summed E-state index contributed by atoms with van der Waals surface area (Å²) >= 11 is 0. The van der Waals surface area contributed by atoms with Crippen molar-refractivity contribution in [2.45, 2.75) is 66.2 Å². The van der Waals surface area contributed by atoms with Crippen molar-refractivity contribution in [3.05, 3.63) is 101 Å². The summed E-state index contributed by atoms with van der Waals surface area (Å²) in [5, 5.41) is 2.52. The van der Waals surface area contributed by atoms with Gasteiger partial charge in [0, 0.05) is 16.8 Å². The molecule has 4 aromatic carbocycles. The average Bonchev–Trinajstić information content (AvgIpc) is 2.75. The molecule has 0 aliphatic heterocycles. The molecule has 1 nitrogen and oxygen atoms in total. The lowest BCUT2D eigenvalue weighted by Crippen LogP contribution is -2.18. The molecule has 33 heavy (non-hydrogen) atoms. The molecular formula is C32H37N. The van der Waals surface area contributed by atoms with Crippen LogP contribution in [0.4, 0.5) is 17.1 Å². The van der Waals surface area contributed by atoms with Crippen molar-refractivity contribution in [1.29, 1.82) is 0 Å². The Hall–Kier alpha value is -3.06. The predicted octanol–water partition coefficient (Wildman–Crippen LogP) is 9.52. The van der Waals surface area contributed by atoms with Crippen LogP contribution in [0, 0.1) is 13.8 Å². The molecule has 0 saturated heterocycles. The van der Waals surface area contributed by atoms with Gasteiger partial charge >= 0.3 is 0 Å². The Bertz CT molecular complexity index is 1230. The van der Waals surface area contributed by atoms with E-state index in [0.717, 1.165) is 0 Å². The van der Waals surface area contributed by atoms with Crippen molar-refractivity contribution in [2.24, 2.45) is 0 Å². The Labute approximate surface area is 200 Å². The number of anilines is 3. The molecule has 0 bridgehead atoms. The van der Waals surface area contributed by atoms with Gasteiger partial charge < -0.3 is 4.90 Å². The summed E-state index contributed by atoms with van der Waals surface area (Å²) in [5.41, 5.74) is 9.10. The van der Waals surface area contributed by atoms with E-state index in [1.807, 2.05) is 0 Å². The third-order valence-corrected chi connectivity index (χ3v) is 6.64. The first-order valence-electron chi connectivity index (χ1n) is 12.0. The number of nitrogens with zero attached hydrogens (tertiary/aromatic N) is 1. The van der Waals surface area contributed by atoms with Crippen LogP contribution in [0.25, 0.3) is 10.8 Å². The maximum absolute atomic E-state index is 2.48. The van der Waals surface area contributed by atoms with Gasteiger partial charge in [-0.15, -0.1) is 0 Å². The molecule has 0 aliphatic rings. The first-order valence-corrected chi connectivity index (χ1v) is 12.0. The van der Waals surface area contributed by atoms with Gasteiger partial charge in [0.25, 0.3) is 0 Å². The summed E-state index contributed by atoms with van der Waals surface area (Å²) in [7, 11) is 0. The summed E-state index contributed by atoms with van der Waals surface area (Å²) in [4.78, 5) is 2.48. The van der Waals surface area contributed by atoms with E-state index in [1.54, 1.807) is 0 Å². The van der Waals surface area contributed by atoms with Crippen molar-refractivity contribution in [1.82, 2.24) is 0 Å². The second-order valence-electron chi connectivity index (χ2n) is 11.3. The molecule has 0 aliphatic carbocycles. The van der Waals surface area contributed by atoms with Crippen LogP contribution in [-0.2, 0) is 10.8 Å². The molecule has 0 spiro atoms. The smallest absolute Gasteiger partial charge is 0.0540 e. The first kappa shape index (κ1) is 23.1. The molecule has 0 fully saturated rings. The van der Waals surface area contributed by atoms with Gasteiger partial charge in [-0.05, 0) is 70.5 Å². The normalized spacial score (nSPS) is 12.2. The molecule has 0 radical (unpaired) electrons. The SMILES string of the molecule is Cc1ccc(C(C)(C)C)cc1N(c1cc(C(C)(C)C)ccc1C)c1cccc2ccccc12. The fourth-order valence-electron chi connectivity index (χ4n) is 4.43. The number of rotatable bonds is 3. The number of benzene rings is 4. The fourth-order valence-corrected chi connectivity index (χ4v) is 4.43. The highest BCUT2D eigenvalue weighted by Crippen LogP contribution is 2.44. The number of hydrogen-bond donors (Lipinski definition) is 0. The molecule has 0 saturated carbocycles. The maximum Gasteiger partial charge on any atom is 0.0540 e. The lowest BCUT2D eigenvalue weighted by atomic mass is 9.85. The van der Waals surface area contributed by atoms with Gasteiger partial charge in [-0.2, -0.15) is 0 Å². The van der Waals surface area contributed by atoms with Crippen LogP contribution in [0.5, 0.6) is 0 Å². The quantitative estimate of drug-likeness (QED) is 0.310. The largest absolute Gasteiger partial charge is 0.309 e. The Morgan fingerprint density at radius 2 is 1.00 bits per heavy atom. The molecule has 0 N–H and O–H groups in total. The number of fused-ring (bicyclic) bond motifs is 1. The van der Waals surface area contributed by atoms with Crippen LogP contribution in [0.2, 0.25) is 0 Å². The number of hydrogen-bond acceptors (Lipinski definition) is 1. The van der Waals surface area contributed by atoms with E-state index in [-0.39, 0.29) is 10.8 Å². The molecule has 0 aromatic heterocycles. The van der Waals surface area contributed by atoms with Gasteiger partial charge in [-0.3, -0.25) is 0 Å². The summed E-state index contributed by atoms with van der Waals surface area (Å²) in [6, 6.07) is 29.2. The van der Waals surface area contributed by atoms with E-state index in [2.05, 4.69) is 139 Å². The van der Waals surface area contributed by atoms with Crippen molar-refractivity contribution in [3.8, 4) is 0 Å². The van der Waals surface area contributed by atoms with Crippen LogP contribution in [0.15, 0.2) is 78.9 Å². The van der Waals surface area contributed by atoms with E-state index < -0.39 is 0 Å². The Morgan fingerprint density at radius 3 is 1.52 bits per heavy atom. The average molecular weight is 436 g/mol. The summed E-state index contributed by atoms with van der Waals surface area (Å²) < 4.78 is 0. The fraction of sp³-hybridized carbons (Fsp3) is 0.312. The minimum atomic E-state index is 0.0785. The van der Waals surface area contributed by atoms with E-state index in [9.17, 15) is 0 Å². The van der Waals surface area contributed by atoms with Crippen molar-refractivity contribution in [3.63, 3.8) is 0 Å². The number of aryl methyl sites for hydroxylation is 2. The molecule has 0 unspecified atom stereocenters. The minimum Gasteiger partial charge on any atom is -0.309 e. The molecule has 4 rings (SSSR count). The predicted molar refractivity (Wildman–Crippen MR) is 146 cm³/mol. The van der Waals surface area contributed by atoms with Gasteiger partial charge in [0.15, 0.2) is 0 Å². The maximum atomic E-state index is 2.48. The Balaban J connectivity index is 2.08. The second kappa shape index (κ2) is 8.37. The Morgan fingerprint density at radius 1 is 0.515 bits per heavy atom. The van der Waals surface area contributed by atoms with Crippen LogP contribution in [0.1, 0.15) is 63.8 Å². The Kier molecular flexibility index (Phi) is 5.86. The minimum absolute atomic E-state index is 0.0785. The summed E-state index contributed by atoms with van der Waals surface area (Å²) in [6.45, 7) is 18.2. The molecule has 1 heteroatoms. The first-order chi connectivity index (χ1) is 15.5. The molecule has 0 heterocycles. The van der Waals surface area contributed by atoms with E-state index in [1.165, 1.54) is 50.1 Å². The van der Waals surface area contributed by atoms with E-state index in [0.29, 0.717) is 0 Å².